The summed E-state index contributed by atoms with van der Waals surface area (Å²) in [6, 6.07) is 16.2. The van der Waals surface area contributed by atoms with Gasteiger partial charge in [-0.3, -0.25) is 9.48 Å². The summed E-state index contributed by atoms with van der Waals surface area (Å²) >= 11 is 0. The minimum absolute atomic E-state index is 0.134. The number of anilines is 2. The summed E-state index contributed by atoms with van der Waals surface area (Å²) in [6.07, 6.45) is 8.78. The number of aromatic nitrogens is 5. The van der Waals surface area contributed by atoms with Gasteiger partial charge in [0.1, 0.15) is 5.65 Å². The lowest BCUT2D eigenvalue weighted by atomic mass is 10.0. The highest BCUT2D eigenvalue weighted by Crippen LogP contribution is 2.40. The number of likely N-dealkylation sites (tertiary alicyclic amines) is 1. The second-order valence-corrected chi connectivity index (χ2v) is 11.5. The topological polar surface area (TPSA) is 118 Å². The van der Waals surface area contributed by atoms with Crippen molar-refractivity contribution in [2.45, 2.75) is 44.6 Å². The van der Waals surface area contributed by atoms with Crippen molar-refractivity contribution < 1.29 is 4.79 Å². The Bertz CT molecular complexity index is 1750. The zero-order valence-corrected chi connectivity index (χ0v) is 23.4. The van der Waals surface area contributed by atoms with Crippen LogP contribution in [0, 0.1) is 6.92 Å². The number of fused-ring (bicyclic) bond motifs is 1. The number of carbonyl (C=O) groups excluding carboxylic acids is 1. The van der Waals surface area contributed by atoms with Gasteiger partial charge in [0.15, 0.2) is 0 Å². The van der Waals surface area contributed by atoms with E-state index in [0.29, 0.717) is 23.2 Å². The Hall–Kier alpha value is -4.50. The van der Waals surface area contributed by atoms with Crippen molar-refractivity contribution in [2.24, 2.45) is 0 Å². The van der Waals surface area contributed by atoms with E-state index in [4.69, 9.17) is 5.73 Å². The van der Waals surface area contributed by atoms with E-state index in [2.05, 4.69) is 66.4 Å². The van der Waals surface area contributed by atoms with Gasteiger partial charge in [-0.05, 0) is 87.5 Å². The molecule has 4 heterocycles. The number of nitrogens with one attached hydrogen (secondary N) is 2. The molecule has 9 nitrogen and oxygen atoms in total. The van der Waals surface area contributed by atoms with Crippen molar-refractivity contribution in [2.75, 3.05) is 31.2 Å². The molecule has 2 aliphatic rings. The van der Waals surface area contributed by atoms with Gasteiger partial charge in [-0.25, -0.2) is 4.98 Å². The molecule has 41 heavy (non-hydrogen) atoms. The molecule has 0 bridgehead atoms. The molecule has 1 unspecified atom stereocenters. The Kier molecular flexibility index (Phi) is 6.31. The lowest BCUT2D eigenvalue weighted by Gasteiger charge is -2.29. The van der Waals surface area contributed by atoms with E-state index in [9.17, 15) is 4.79 Å². The lowest BCUT2D eigenvalue weighted by molar-refractivity contribution is 0.102. The van der Waals surface area contributed by atoms with Crippen LogP contribution in [0.4, 0.5) is 11.6 Å². The fourth-order valence-electron chi connectivity index (χ4n) is 5.96. The number of nitrogens with two attached hydrogens (primary N) is 1. The average Bonchev–Trinajstić information content (AvgIpc) is 3.54. The van der Waals surface area contributed by atoms with Gasteiger partial charge in [-0.2, -0.15) is 10.1 Å². The number of hydrogen-bond acceptors (Lipinski definition) is 6. The fraction of sp³-hybridized carbons (Fsp3) is 0.312. The molecule has 1 amide bonds. The molecule has 9 heteroatoms. The van der Waals surface area contributed by atoms with Crippen LogP contribution in [-0.2, 0) is 0 Å². The molecule has 1 saturated carbocycles. The van der Waals surface area contributed by atoms with E-state index in [1.54, 1.807) is 0 Å². The van der Waals surface area contributed by atoms with Crippen LogP contribution in [0.3, 0.4) is 0 Å². The second-order valence-electron chi connectivity index (χ2n) is 11.5. The molecular formula is C32H34N8O. The van der Waals surface area contributed by atoms with Gasteiger partial charge in [0, 0.05) is 40.5 Å². The molecule has 208 valence electrons. The van der Waals surface area contributed by atoms with E-state index >= 15 is 0 Å². The number of rotatable bonds is 6. The average molecular weight is 547 g/mol. The van der Waals surface area contributed by atoms with Crippen LogP contribution in [0.2, 0.25) is 0 Å². The highest BCUT2D eigenvalue weighted by molar-refractivity contribution is 6.05. The monoisotopic (exact) mass is 546 g/mol. The van der Waals surface area contributed by atoms with Crippen LogP contribution in [0.15, 0.2) is 60.9 Å². The minimum atomic E-state index is -0.134. The van der Waals surface area contributed by atoms with Gasteiger partial charge in [0.25, 0.3) is 5.91 Å². The molecule has 0 spiro atoms. The predicted molar refractivity (Wildman–Crippen MR) is 162 cm³/mol. The number of likely N-dealkylation sites (N-methyl/N-ethyl adjacent to an activating group) is 1. The fourth-order valence-corrected chi connectivity index (χ4v) is 5.96. The maximum Gasteiger partial charge on any atom is 0.255 e. The van der Waals surface area contributed by atoms with Crippen LogP contribution in [0.5, 0.6) is 0 Å². The molecular weight excluding hydrogens is 512 g/mol. The first-order valence-electron chi connectivity index (χ1n) is 14.3. The smallest absolute Gasteiger partial charge is 0.255 e. The first kappa shape index (κ1) is 25.5. The SMILES string of the molecule is Cc1c(NC(=O)c2ccc(C3CC3)cc2)cccc1-c1nc(N)nc2[nH]c(-c3cnn(C4CCCN(C)C4)c3)cc12. The number of carbonyl (C=O) groups is 1. The number of hydrogen-bond donors (Lipinski definition) is 3. The Morgan fingerprint density at radius 3 is 2.71 bits per heavy atom. The first-order chi connectivity index (χ1) is 19.9. The summed E-state index contributed by atoms with van der Waals surface area (Å²) in [4.78, 5) is 28.0. The van der Waals surface area contributed by atoms with Gasteiger partial charge in [0.2, 0.25) is 5.95 Å². The number of H-pyrrole nitrogens is 1. The number of nitrogen functional groups attached to an aromatic ring is 1. The number of benzene rings is 2. The highest BCUT2D eigenvalue weighted by atomic mass is 16.1. The lowest BCUT2D eigenvalue weighted by Crippen LogP contribution is -2.33. The Balaban J connectivity index is 1.19. The van der Waals surface area contributed by atoms with Crippen molar-refractivity contribution in [3.8, 4) is 22.5 Å². The van der Waals surface area contributed by atoms with E-state index in [1.165, 1.54) is 24.8 Å². The summed E-state index contributed by atoms with van der Waals surface area (Å²) in [5.74, 6) is 0.712. The van der Waals surface area contributed by atoms with Crippen molar-refractivity contribution in [3.05, 3.63) is 77.6 Å². The zero-order valence-electron chi connectivity index (χ0n) is 23.4. The van der Waals surface area contributed by atoms with E-state index in [-0.39, 0.29) is 11.9 Å². The highest BCUT2D eigenvalue weighted by Gasteiger charge is 2.24. The van der Waals surface area contributed by atoms with Crippen LogP contribution in [-0.4, -0.2) is 55.7 Å². The van der Waals surface area contributed by atoms with Gasteiger partial charge < -0.3 is 20.9 Å². The van der Waals surface area contributed by atoms with Gasteiger partial charge in [-0.1, -0.05) is 24.3 Å². The van der Waals surface area contributed by atoms with Crippen molar-refractivity contribution in [3.63, 3.8) is 0 Å². The molecule has 2 aromatic carbocycles. The summed E-state index contributed by atoms with van der Waals surface area (Å²) in [7, 11) is 2.16. The van der Waals surface area contributed by atoms with Gasteiger partial charge in [0.05, 0.1) is 23.6 Å². The number of amides is 1. The molecule has 2 fully saturated rings. The Labute approximate surface area is 238 Å². The largest absolute Gasteiger partial charge is 0.368 e. The van der Waals surface area contributed by atoms with Crippen LogP contribution < -0.4 is 11.1 Å². The molecule has 4 N–H and O–H groups in total. The maximum absolute atomic E-state index is 13.1. The molecule has 1 atom stereocenters. The molecule has 3 aromatic heterocycles. The van der Waals surface area contributed by atoms with E-state index < -0.39 is 0 Å². The molecule has 5 aromatic rings. The summed E-state index contributed by atoms with van der Waals surface area (Å²) in [5.41, 5.74) is 13.9. The number of aromatic amines is 1. The van der Waals surface area contributed by atoms with Crippen LogP contribution >= 0.6 is 0 Å². The third-order valence-electron chi connectivity index (χ3n) is 8.45. The molecule has 1 aliphatic carbocycles. The Morgan fingerprint density at radius 1 is 1.10 bits per heavy atom. The summed E-state index contributed by atoms with van der Waals surface area (Å²) < 4.78 is 2.08. The standard InChI is InChI=1S/C32H34N8O/c1-19-25(6-3-7-27(19)36-31(41)22-12-10-21(11-13-22)20-8-9-20)29-26-15-28(35-30(26)38-32(33)37-29)23-16-34-40(17-23)24-5-4-14-39(2)18-24/h3,6-7,10-13,15-17,20,24H,4-5,8-9,14,18H2,1-2H3,(H,36,41)(H3,33,35,37,38). The predicted octanol–water partition coefficient (Wildman–Crippen LogP) is 5.78. The molecule has 1 saturated heterocycles. The third-order valence-corrected chi connectivity index (χ3v) is 8.45. The third kappa shape index (κ3) is 4.97. The summed E-state index contributed by atoms with van der Waals surface area (Å²) in [5, 5.41) is 8.64. The van der Waals surface area contributed by atoms with Crippen molar-refractivity contribution in [1.29, 1.82) is 0 Å². The minimum Gasteiger partial charge on any atom is -0.368 e. The molecule has 1 aliphatic heterocycles. The number of nitrogens with zero attached hydrogens (tertiary/aromatic N) is 5. The maximum atomic E-state index is 13.1. The normalized spacial score (nSPS) is 17.7. The quantitative estimate of drug-likeness (QED) is 0.249. The first-order valence-corrected chi connectivity index (χ1v) is 14.3. The van der Waals surface area contributed by atoms with Crippen molar-refractivity contribution in [1.82, 2.24) is 29.6 Å². The van der Waals surface area contributed by atoms with Gasteiger partial charge in [-0.15, -0.1) is 0 Å². The van der Waals surface area contributed by atoms with E-state index in [1.807, 2.05) is 43.5 Å². The van der Waals surface area contributed by atoms with Crippen LogP contribution in [0.1, 0.15) is 59.1 Å². The van der Waals surface area contributed by atoms with Gasteiger partial charge >= 0.3 is 0 Å². The van der Waals surface area contributed by atoms with Crippen molar-refractivity contribution >= 4 is 28.6 Å². The Morgan fingerprint density at radius 2 is 1.93 bits per heavy atom. The van der Waals surface area contributed by atoms with E-state index in [0.717, 1.165) is 58.7 Å². The summed E-state index contributed by atoms with van der Waals surface area (Å²) in [6.45, 7) is 4.12. The second kappa shape index (κ2) is 10.2. The zero-order chi connectivity index (χ0) is 28.1. The number of piperidine rings is 1. The van der Waals surface area contributed by atoms with Crippen LogP contribution in [0.25, 0.3) is 33.5 Å². The molecule has 7 rings (SSSR count). The molecule has 0 radical (unpaired) electrons.